The fourth-order valence-corrected chi connectivity index (χ4v) is 1.33. The molecule has 74 valence electrons. The summed E-state index contributed by atoms with van der Waals surface area (Å²) in [4.78, 5) is 25.6. The van der Waals surface area contributed by atoms with Gasteiger partial charge in [0.25, 0.3) is 0 Å². The van der Waals surface area contributed by atoms with Crippen LogP contribution >= 0.6 is 0 Å². The third kappa shape index (κ3) is 3.02. The van der Waals surface area contributed by atoms with Crippen LogP contribution in [0, 0.1) is 0 Å². The Morgan fingerprint density at radius 3 is 2.77 bits per heavy atom. The first-order valence-electron chi connectivity index (χ1n) is 4.34. The summed E-state index contributed by atoms with van der Waals surface area (Å²) >= 11 is 0. The van der Waals surface area contributed by atoms with Crippen molar-refractivity contribution in [3.63, 3.8) is 0 Å². The summed E-state index contributed by atoms with van der Waals surface area (Å²) in [6.07, 6.45) is 0.476. The van der Waals surface area contributed by atoms with E-state index in [2.05, 4.69) is 4.90 Å². The van der Waals surface area contributed by atoms with Crippen molar-refractivity contribution in [3.05, 3.63) is 0 Å². The minimum Gasteiger partial charge on any atom is -0.368 e. The second-order valence-electron chi connectivity index (χ2n) is 3.33. The average molecular weight is 185 g/mol. The van der Waals surface area contributed by atoms with Gasteiger partial charge in [-0.05, 0) is 7.05 Å². The van der Waals surface area contributed by atoms with E-state index in [4.69, 9.17) is 5.73 Å². The van der Waals surface area contributed by atoms with Crippen LogP contribution in [0.1, 0.15) is 6.42 Å². The summed E-state index contributed by atoms with van der Waals surface area (Å²) < 4.78 is 0. The smallest absolute Gasteiger partial charge is 0.237 e. The van der Waals surface area contributed by atoms with E-state index < -0.39 is 5.91 Å². The van der Waals surface area contributed by atoms with Gasteiger partial charge < -0.3 is 15.5 Å². The minimum atomic E-state index is -0.446. The van der Waals surface area contributed by atoms with E-state index in [1.54, 1.807) is 0 Å². The van der Waals surface area contributed by atoms with E-state index in [1.165, 1.54) is 4.90 Å². The molecule has 0 saturated carbocycles. The van der Waals surface area contributed by atoms with Gasteiger partial charge in [-0.15, -0.1) is 0 Å². The van der Waals surface area contributed by atoms with Crippen molar-refractivity contribution < 1.29 is 9.59 Å². The maximum absolute atomic E-state index is 11.4. The molecule has 5 nitrogen and oxygen atoms in total. The third-order valence-electron chi connectivity index (χ3n) is 2.16. The number of amides is 2. The summed E-state index contributed by atoms with van der Waals surface area (Å²) in [7, 11) is 1.96. The lowest BCUT2D eigenvalue weighted by Crippen LogP contribution is -2.39. The van der Waals surface area contributed by atoms with E-state index >= 15 is 0 Å². The van der Waals surface area contributed by atoms with Crippen molar-refractivity contribution in [1.82, 2.24) is 9.80 Å². The number of nitrogens with zero attached hydrogens (tertiary/aromatic N) is 2. The number of nitrogens with two attached hydrogens (primary N) is 1. The molecule has 0 aliphatic carbocycles. The fourth-order valence-electron chi connectivity index (χ4n) is 1.33. The van der Waals surface area contributed by atoms with E-state index in [0.29, 0.717) is 13.0 Å². The molecule has 0 spiro atoms. The molecule has 2 amide bonds. The van der Waals surface area contributed by atoms with Gasteiger partial charge >= 0.3 is 0 Å². The highest BCUT2D eigenvalue weighted by Gasteiger charge is 2.19. The largest absolute Gasteiger partial charge is 0.368 e. The number of carbonyl (C=O) groups is 2. The Hall–Kier alpha value is -1.10. The highest BCUT2D eigenvalue weighted by molar-refractivity contribution is 5.84. The lowest BCUT2D eigenvalue weighted by atomic mass is 10.3. The van der Waals surface area contributed by atoms with Crippen molar-refractivity contribution in [1.29, 1.82) is 0 Å². The van der Waals surface area contributed by atoms with Gasteiger partial charge in [-0.25, -0.2) is 0 Å². The molecule has 1 aliphatic rings. The molecule has 13 heavy (non-hydrogen) atoms. The van der Waals surface area contributed by atoms with E-state index in [0.717, 1.165) is 13.1 Å². The van der Waals surface area contributed by atoms with Crippen LogP contribution in [0.2, 0.25) is 0 Å². The standard InChI is InChI=1S/C8H15N3O2/c1-10-3-2-8(13)11(5-4-10)6-7(9)12/h2-6H2,1H3,(H2,9,12). The van der Waals surface area contributed by atoms with Gasteiger partial charge in [0, 0.05) is 26.1 Å². The first-order valence-corrected chi connectivity index (χ1v) is 4.34. The molecular weight excluding hydrogens is 170 g/mol. The van der Waals surface area contributed by atoms with E-state index in [1.807, 2.05) is 7.05 Å². The summed E-state index contributed by atoms with van der Waals surface area (Å²) in [6.45, 7) is 2.21. The molecule has 5 heteroatoms. The molecule has 1 rings (SSSR count). The van der Waals surface area contributed by atoms with Crippen LogP contribution < -0.4 is 5.73 Å². The first kappa shape index (κ1) is 9.98. The molecule has 0 radical (unpaired) electrons. The highest BCUT2D eigenvalue weighted by Crippen LogP contribution is 2.01. The topological polar surface area (TPSA) is 66.6 Å². The van der Waals surface area contributed by atoms with Crippen molar-refractivity contribution >= 4 is 11.8 Å². The zero-order chi connectivity index (χ0) is 9.84. The van der Waals surface area contributed by atoms with Gasteiger partial charge in [-0.1, -0.05) is 0 Å². The summed E-state index contributed by atoms with van der Waals surface area (Å²) in [6, 6.07) is 0. The lowest BCUT2D eigenvalue weighted by molar-refractivity contribution is -0.134. The number of primary amides is 1. The van der Waals surface area contributed by atoms with Crippen LogP contribution in [0.4, 0.5) is 0 Å². The summed E-state index contributed by atoms with van der Waals surface area (Å²) in [5.74, 6) is -0.430. The zero-order valence-electron chi connectivity index (χ0n) is 7.82. The molecule has 0 aromatic carbocycles. The molecule has 0 aromatic heterocycles. The molecule has 1 aliphatic heterocycles. The molecule has 0 aromatic rings. The van der Waals surface area contributed by atoms with Crippen LogP contribution in [0.5, 0.6) is 0 Å². The predicted octanol–water partition coefficient (Wildman–Crippen LogP) is -1.36. The maximum atomic E-state index is 11.4. The molecule has 2 N–H and O–H groups in total. The summed E-state index contributed by atoms with van der Waals surface area (Å²) in [5.41, 5.74) is 5.02. The zero-order valence-corrected chi connectivity index (χ0v) is 7.82. The molecule has 0 unspecified atom stereocenters. The van der Waals surface area contributed by atoms with Crippen molar-refractivity contribution in [2.75, 3.05) is 33.2 Å². The van der Waals surface area contributed by atoms with Gasteiger partial charge in [0.2, 0.25) is 11.8 Å². The molecule has 0 bridgehead atoms. The van der Waals surface area contributed by atoms with Crippen molar-refractivity contribution in [2.45, 2.75) is 6.42 Å². The van der Waals surface area contributed by atoms with Gasteiger partial charge in [0.15, 0.2) is 0 Å². The fraction of sp³-hybridized carbons (Fsp3) is 0.750. The first-order chi connectivity index (χ1) is 6.09. The minimum absolute atomic E-state index is 0.0168. The highest BCUT2D eigenvalue weighted by atomic mass is 16.2. The van der Waals surface area contributed by atoms with Crippen molar-refractivity contribution in [3.8, 4) is 0 Å². The monoisotopic (exact) mass is 185 g/mol. The maximum Gasteiger partial charge on any atom is 0.237 e. The average Bonchev–Trinajstić information content (AvgIpc) is 2.19. The van der Waals surface area contributed by atoms with Gasteiger partial charge in [0.1, 0.15) is 0 Å². The number of likely N-dealkylation sites (N-methyl/N-ethyl adjacent to an activating group) is 1. The Morgan fingerprint density at radius 1 is 1.46 bits per heavy atom. The normalized spacial score (nSPS) is 20.1. The van der Waals surface area contributed by atoms with E-state index in [9.17, 15) is 9.59 Å². The van der Waals surface area contributed by atoms with Gasteiger partial charge in [-0.3, -0.25) is 9.59 Å². The molecular formula is C8H15N3O2. The Kier molecular flexibility index (Phi) is 3.25. The van der Waals surface area contributed by atoms with Crippen LogP contribution in [0.3, 0.4) is 0 Å². The Morgan fingerprint density at radius 2 is 2.15 bits per heavy atom. The lowest BCUT2D eigenvalue weighted by Gasteiger charge is -2.18. The van der Waals surface area contributed by atoms with Gasteiger partial charge in [-0.2, -0.15) is 0 Å². The quantitative estimate of drug-likeness (QED) is 0.577. The number of hydrogen-bond donors (Lipinski definition) is 1. The van der Waals surface area contributed by atoms with Crippen molar-refractivity contribution in [2.24, 2.45) is 5.73 Å². The molecule has 1 fully saturated rings. The number of carbonyl (C=O) groups excluding carboxylic acids is 2. The van der Waals surface area contributed by atoms with Crippen LogP contribution in [0.15, 0.2) is 0 Å². The SMILES string of the molecule is CN1CCC(=O)N(CC(N)=O)CC1. The van der Waals surface area contributed by atoms with Gasteiger partial charge in [0.05, 0.1) is 6.54 Å². The number of hydrogen-bond acceptors (Lipinski definition) is 3. The van der Waals surface area contributed by atoms with Crippen LogP contribution in [0.25, 0.3) is 0 Å². The Labute approximate surface area is 77.5 Å². The third-order valence-corrected chi connectivity index (χ3v) is 2.16. The van der Waals surface area contributed by atoms with E-state index in [-0.39, 0.29) is 12.5 Å². The second kappa shape index (κ2) is 4.23. The Balaban J connectivity index is 2.52. The Bertz CT molecular complexity index is 217. The molecule has 0 atom stereocenters. The number of rotatable bonds is 2. The molecule has 1 saturated heterocycles. The summed E-state index contributed by atoms with van der Waals surface area (Å²) in [5, 5.41) is 0. The predicted molar refractivity (Wildman–Crippen MR) is 47.9 cm³/mol. The van der Waals surface area contributed by atoms with Crippen LogP contribution in [-0.4, -0.2) is 54.8 Å². The molecule has 1 heterocycles. The second-order valence-corrected chi connectivity index (χ2v) is 3.33. The van der Waals surface area contributed by atoms with Crippen LogP contribution in [-0.2, 0) is 9.59 Å².